The molecule has 2 heterocycles. The molecule has 5 rings (SSSR count). The Morgan fingerprint density at radius 3 is 2.71 bits per heavy atom. The van der Waals surface area contributed by atoms with Gasteiger partial charge in [0, 0.05) is 32.6 Å². The van der Waals surface area contributed by atoms with Crippen molar-refractivity contribution >= 4 is 50.8 Å². The molecule has 0 spiro atoms. The van der Waals surface area contributed by atoms with Gasteiger partial charge in [0.05, 0.1) is 11.3 Å². The molecule has 0 saturated carbocycles. The normalized spacial score (nSPS) is 16.8. The number of benzene rings is 2. The second kappa shape index (κ2) is 6.94. The average molecular weight is 455 g/mol. The molecule has 1 aliphatic heterocycles. The lowest BCUT2D eigenvalue weighted by Crippen LogP contribution is -2.03. The van der Waals surface area contributed by atoms with Crippen molar-refractivity contribution < 1.29 is 9.21 Å². The summed E-state index contributed by atoms with van der Waals surface area (Å²) < 4.78 is 7.05. The molecule has 3 nitrogen and oxygen atoms in total. The molecule has 1 N–H and O–H groups in total. The zero-order valence-corrected chi connectivity index (χ0v) is 17.4. The van der Waals surface area contributed by atoms with Gasteiger partial charge in [0.25, 0.3) is 5.91 Å². The van der Waals surface area contributed by atoms with Gasteiger partial charge in [-0.1, -0.05) is 41.9 Å². The molecule has 5 heteroatoms. The number of nitrogens with one attached hydrogen (secondary N) is 1. The molecule has 0 radical (unpaired) electrons. The Labute approximate surface area is 176 Å². The number of carbonyl (C=O) groups is 1. The molecule has 28 heavy (non-hydrogen) atoms. The number of anilines is 1. The fraction of sp³-hybridized carbons (Fsp3) is 0.174. The van der Waals surface area contributed by atoms with E-state index in [2.05, 4.69) is 33.4 Å². The first-order valence-corrected chi connectivity index (χ1v) is 10.5. The zero-order valence-electron chi connectivity index (χ0n) is 15.0. The van der Waals surface area contributed by atoms with E-state index in [1.165, 1.54) is 5.56 Å². The maximum absolute atomic E-state index is 12.7. The Hall–Kier alpha value is -2.30. The van der Waals surface area contributed by atoms with Crippen LogP contribution in [0.3, 0.4) is 0 Å². The van der Waals surface area contributed by atoms with Gasteiger partial charge in [-0.3, -0.25) is 4.79 Å². The highest BCUT2D eigenvalue weighted by Crippen LogP contribution is 2.43. The van der Waals surface area contributed by atoms with Crippen LogP contribution in [0, 0.1) is 0 Å². The summed E-state index contributed by atoms with van der Waals surface area (Å²) in [6.45, 7) is 0. The minimum atomic E-state index is -0.147. The first-order chi connectivity index (χ1) is 13.6. The van der Waals surface area contributed by atoms with Crippen molar-refractivity contribution in [3.05, 3.63) is 74.6 Å². The number of rotatable bonds is 2. The van der Waals surface area contributed by atoms with E-state index in [4.69, 9.17) is 16.0 Å². The molecule has 140 valence electrons. The number of halogens is 2. The average Bonchev–Trinajstić information content (AvgIpc) is 3.21. The van der Waals surface area contributed by atoms with Crippen LogP contribution < -0.4 is 5.32 Å². The predicted octanol–water partition coefficient (Wildman–Crippen LogP) is 6.73. The Morgan fingerprint density at radius 1 is 1.11 bits per heavy atom. The van der Waals surface area contributed by atoms with E-state index in [1.54, 1.807) is 6.07 Å². The predicted molar refractivity (Wildman–Crippen MR) is 116 cm³/mol. The maximum Gasteiger partial charge on any atom is 0.256 e. The number of furan rings is 1. The summed E-state index contributed by atoms with van der Waals surface area (Å²) in [5.41, 5.74) is 5.60. The Balaban J connectivity index is 1.72. The second-order valence-electron chi connectivity index (χ2n) is 7.14. The maximum atomic E-state index is 12.7. The highest BCUT2D eigenvalue weighted by atomic mass is 79.9. The van der Waals surface area contributed by atoms with Gasteiger partial charge in [-0.05, 0) is 59.0 Å². The van der Waals surface area contributed by atoms with Gasteiger partial charge in [0.15, 0.2) is 0 Å². The van der Waals surface area contributed by atoms with Crippen molar-refractivity contribution in [2.45, 2.75) is 25.7 Å². The summed E-state index contributed by atoms with van der Waals surface area (Å²) in [7, 11) is 0. The lowest BCUT2D eigenvalue weighted by molar-refractivity contribution is -0.110. The topological polar surface area (TPSA) is 42.2 Å². The molecule has 1 aliphatic carbocycles. The smallest absolute Gasteiger partial charge is 0.256 e. The van der Waals surface area contributed by atoms with Gasteiger partial charge in [0.1, 0.15) is 11.5 Å². The van der Waals surface area contributed by atoms with E-state index in [9.17, 15) is 4.79 Å². The minimum absolute atomic E-state index is 0.147. The van der Waals surface area contributed by atoms with Crippen LogP contribution in [0.25, 0.3) is 22.8 Å². The highest BCUT2D eigenvalue weighted by molar-refractivity contribution is 9.10. The third-order valence-corrected chi connectivity index (χ3v) is 6.21. The van der Waals surface area contributed by atoms with E-state index in [0.29, 0.717) is 10.6 Å². The number of aryl methyl sites for hydroxylation is 1. The number of amides is 1. The van der Waals surface area contributed by atoms with Crippen LogP contribution in [0.2, 0.25) is 5.02 Å². The third-order valence-electron chi connectivity index (χ3n) is 5.36. The van der Waals surface area contributed by atoms with E-state index < -0.39 is 0 Å². The van der Waals surface area contributed by atoms with Crippen molar-refractivity contribution in [2.75, 3.05) is 5.32 Å². The van der Waals surface area contributed by atoms with Gasteiger partial charge >= 0.3 is 0 Å². The molecule has 0 atom stereocenters. The van der Waals surface area contributed by atoms with Gasteiger partial charge in [-0.2, -0.15) is 0 Å². The van der Waals surface area contributed by atoms with Crippen LogP contribution in [0.1, 0.15) is 35.5 Å². The van der Waals surface area contributed by atoms with Gasteiger partial charge < -0.3 is 9.73 Å². The Morgan fingerprint density at radius 2 is 1.89 bits per heavy atom. The molecule has 0 fully saturated rings. The minimum Gasteiger partial charge on any atom is -0.461 e. The lowest BCUT2D eigenvalue weighted by Gasteiger charge is -2.11. The van der Waals surface area contributed by atoms with Crippen molar-refractivity contribution in [3.8, 4) is 11.1 Å². The first kappa shape index (κ1) is 17.8. The summed E-state index contributed by atoms with van der Waals surface area (Å²) in [5, 5.41) is 3.51. The van der Waals surface area contributed by atoms with Crippen LogP contribution in [-0.2, 0) is 17.6 Å². The van der Waals surface area contributed by atoms with E-state index in [1.807, 2.05) is 30.3 Å². The van der Waals surface area contributed by atoms with E-state index >= 15 is 0 Å². The van der Waals surface area contributed by atoms with Crippen molar-refractivity contribution in [1.82, 2.24) is 0 Å². The van der Waals surface area contributed by atoms with Crippen LogP contribution in [0.4, 0.5) is 5.69 Å². The molecular weight excluding hydrogens is 438 g/mol. The van der Waals surface area contributed by atoms with Crippen LogP contribution in [0.15, 0.2) is 51.4 Å². The summed E-state index contributed by atoms with van der Waals surface area (Å²) in [6.07, 6.45) is 6.11. The summed E-state index contributed by atoms with van der Waals surface area (Å²) in [6, 6.07) is 13.9. The van der Waals surface area contributed by atoms with Gasteiger partial charge in [-0.15, -0.1) is 0 Å². The molecule has 0 unspecified atom stereocenters. The van der Waals surface area contributed by atoms with E-state index in [0.717, 1.165) is 64.1 Å². The molecule has 3 aromatic rings. The van der Waals surface area contributed by atoms with Crippen LogP contribution in [0.5, 0.6) is 0 Å². The summed E-state index contributed by atoms with van der Waals surface area (Å²) in [5.74, 6) is 1.64. The zero-order chi connectivity index (χ0) is 19.3. The molecule has 2 aliphatic rings. The highest BCUT2D eigenvalue weighted by Gasteiger charge is 2.29. The monoisotopic (exact) mass is 453 g/mol. The van der Waals surface area contributed by atoms with Gasteiger partial charge in [0.2, 0.25) is 0 Å². The van der Waals surface area contributed by atoms with Crippen molar-refractivity contribution in [3.63, 3.8) is 0 Å². The number of hydrogen-bond donors (Lipinski definition) is 1. The molecule has 1 aromatic heterocycles. The van der Waals surface area contributed by atoms with Crippen LogP contribution >= 0.6 is 27.5 Å². The van der Waals surface area contributed by atoms with Crippen LogP contribution in [-0.4, -0.2) is 5.91 Å². The Bertz CT molecular complexity index is 1130. The largest absolute Gasteiger partial charge is 0.461 e. The number of fused-ring (bicyclic) bond motifs is 2. The lowest BCUT2D eigenvalue weighted by atomic mass is 9.91. The van der Waals surface area contributed by atoms with Crippen molar-refractivity contribution in [1.29, 1.82) is 0 Å². The SMILES string of the molecule is O=C1Nc2c(Br)cc(Cl)cc2C1=Cc1oc2c(c1-c1ccccc1)CCCC2. The quantitative estimate of drug-likeness (QED) is 0.436. The third kappa shape index (κ3) is 2.92. The molecule has 2 aromatic carbocycles. The number of carbonyl (C=O) groups excluding carboxylic acids is 1. The standard InChI is InChI=1S/C23H17BrClNO2/c24-18-11-14(25)10-16-17(23(27)26-22(16)18)12-20-21(13-6-2-1-3-7-13)15-8-4-5-9-19(15)28-20/h1-3,6-7,10-12H,4-5,8-9H2,(H,26,27). The molecule has 0 bridgehead atoms. The molecular formula is C23H17BrClNO2. The number of hydrogen-bond acceptors (Lipinski definition) is 2. The molecule has 1 amide bonds. The fourth-order valence-corrected chi connectivity index (χ4v) is 5.01. The first-order valence-electron chi connectivity index (χ1n) is 9.34. The Kier molecular flexibility index (Phi) is 4.41. The summed E-state index contributed by atoms with van der Waals surface area (Å²) >= 11 is 9.72. The summed E-state index contributed by atoms with van der Waals surface area (Å²) in [4.78, 5) is 12.7. The fourth-order valence-electron chi connectivity index (χ4n) is 4.10. The molecule has 0 saturated heterocycles. The van der Waals surface area contributed by atoms with Gasteiger partial charge in [-0.25, -0.2) is 0 Å². The van der Waals surface area contributed by atoms with Crippen molar-refractivity contribution in [2.24, 2.45) is 0 Å². The second-order valence-corrected chi connectivity index (χ2v) is 8.43. The van der Waals surface area contributed by atoms with E-state index in [-0.39, 0.29) is 5.91 Å².